The van der Waals surface area contributed by atoms with E-state index >= 15 is 0 Å². The van der Waals surface area contributed by atoms with Crippen LogP contribution in [0.15, 0.2) is 59.5 Å². The zero-order valence-corrected chi connectivity index (χ0v) is 13.5. The van der Waals surface area contributed by atoms with Crippen LogP contribution >= 0.6 is 24.0 Å². The molecule has 5 heteroatoms. The lowest BCUT2D eigenvalue weighted by Gasteiger charge is -2.06. The van der Waals surface area contributed by atoms with E-state index in [0.717, 1.165) is 17.1 Å². The van der Waals surface area contributed by atoms with E-state index in [2.05, 4.69) is 0 Å². The van der Waals surface area contributed by atoms with Crippen LogP contribution in [-0.2, 0) is 4.79 Å². The highest BCUT2D eigenvalue weighted by atomic mass is 32.2. The quantitative estimate of drug-likeness (QED) is 0.620. The first kappa shape index (κ1) is 14.8. The zero-order chi connectivity index (χ0) is 15.5. The van der Waals surface area contributed by atoms with Crippen molar-refractivity contribution in [2.24, 2.45) is 0 Å². The fraction of sp³-hybridized carbons (Fsp3) is 0.0588. The number of carbonyl (C=O) groups is 1. The molecule has 1 aliphatic heterocycles. The highest BCUT2D eigenvalue weighted by Gasteiger charge is 2.28. The van der Waals surface area contributed by atoms with Gasteiger partial charge >= 0.3 is 0 Å². The number of hydrogen-bond acceptors (Lipinski definition) is 4. The summed E-state index contributed by atoms with van der Waals surface area (Å²) in [4.78, 5) is 14.1. The monoisotopic (exact) mass is 327 g/mol. The molecule has 1 amide bonds. The van der Waals surface area contributed by atoms with E-state index in [9.17, 15) is 4.79 Å². The van der Waals surface area contributed by atoms with Gasteiger partial charge in [0.1, 0.15) is 15.8 Å². The Morgan fingerprint density at radius 2 is 1.82 bits per heavy atom. The number of benzene rings is 2. The summed E-state index contributed by atoms with van der Waals surface area (Å²) in [6, 6.07) is 17.2. The summed E-state index contributed by atoms with van der Waals surface area (Å²) in [5.41, 5.74) is 0.905. The minimum absolute atomic E-state index is 0.0654. The third-order valence-electron chi connectivity index (χ3n) is 3.12. The van der Waals surface area contributed by atoms with E-state index in [1.807, 2.05) is 60.7 Å². The predicted molar refractivity (Wildman–Crippen MR) is 93.9 cm³/mol. The molecule has 0 aromatic heterocycles. The summed E-state index contributed by atoms with van der Waals surface area (Å²) in [6.45, 7) is 0. The number of ether oxygens (including phenoxy) is 1. The van der Waals surface area contributed by atoms with E-state index in [4.69, 9.17) is 17.0 Å². The van der Waals surface area contributed by atoms with Crippen molar-refractivity contribution in [1.29, 1.82) is 0 Å². The molecule has 0 unspecified atom stereocenters. The van der Waals surface area contributed by atoms with E-state index in [1.54, 1.807) is 7.05 Å². The number of thioether (sulfide) groups is 1. The average molecular weight is 327 g/mol. The van der Waals surface area contributed by atoms with Crippen LogP contribution in [0.4, 0.5) is 0 Å². The first-order chi connectivity index (χ1) is 10.6. The van der Waals surface area contributed by atoms with E-state index in [1.165, 1.54) is 16.7 Å². The minimum atomic E-state index is -0.0654. The molecular formula is C17H13NO2S2. The third kappa shape index (κ3) is 3.21. The van der Waals surface area contributed by atoms with Gasteiger partial charge in [0.2, 0.25) is 0 Å². The van der Waals surface area contributed by atoms with Gasteiger partial charge in [-0.3, -0.25) is 9.69 Å². The Morgan fingerprint density at radius 3 is 2.50 bits per heavy atom. The third-order valence-corrected chi connectivity index (χ3v) is 4.61. The van der Waals surface area contributed by atoms with Crippen LogP contribution in [0.3, 0.4) is 0 Å². The number of hydrogen-bond donors (Lipinski definition) is 0. The molecule has 1 fully saturated rings. The van der Waals surface area contributed by atoms with Crippen LogP contribution in [0.2, 0.25) is 0 Å². The van der Waals surface area contributed by atoms with Gasteiger partial charge in [0.15, 0.2) is 0 Å². The molecule has 2 aromatic rings. The van der Waals surface area contributed by atoms with Crippen molar-refractivity contribution in [2.75, 3.05) is 7.05 Å². The molecule has 0 N–H and O–H groups in total. The number of rotatable bonds is 3. The maximum absolute atomic E-state index is 12.0. The largest absolute Gasteiger partial charge is 0.457 e. The van der Waals surface area contributed by atoms with Gasteiger partial charge in [0.05, 0.1) is 4.91 Å². The molecule has 0 bridgehead atoms. The second-order valence-corrected chi connectivity index (χ2v) is 6.40. The topological polar surface area (TPSA) is 29.5 Å². The second-order valence-electron chi connectivity index (χ2n) is 4.73. The number of carbonyl (C=O) groups excluding carboxylic acids is 1. The van der Waals surface area contributed by atoms with Gasteiger partial charge in [-0.2, -0.15) is 0 Å². The maximum atomic E-state index is 12.0. The smallest absolute Gasteiger partial charge is 0.265 e. The molecule has 0 saturated carbocycles. The molecule has 1 heterocycles. The number of thiocarbonyl (C=S) groups is 1. The summed E-state index contributed by atoms with van der Waals surface area (Å²) in [5, 5.41) is 0. The number of nitrogens with zero attached hydrogens (tertiary/aromatic N) is 1. The average Bonchev–Trinajstić information content (AvgIpc) is 2.76. The van der Waals surface area contributed by atoms with Gasteiger partial charge in [-0.15, -0.1) is 0 Å². The van der Waals surface area contributed by atoms with Gasteiger partial charge in [-0.1, -0.05) is 54.3 Å². The van der Waals surface area contributed by atoms with E-state index in [0.29, 0.717) is 9.23 Å². The molecule has 22 heavy (non-hydrogen) atoms. The Balaban J connectivity index is 1.83. The van der Waals surface area contributed by atoms with E-state index < -0.39 is 0 Å². The first-order valence-corrected chi connectivity index (χ1v) is 7.90. The summed E-state index contributed by atoms with van der Waals surface area (Å²) in [5.74, 6) is 1.44. The summed E-state index contributed by atoms with van der Waals surface area (Å²) in [7, 11) is 1.69. The summed E-state index contributed by atoms with van der Waals surface area (Å²) < 4.78 is 6.37. The summed E-state index contributed by atoms with van der Waals surface area (Å²) in [6.07, 6.45) is 1.83. The fourth-order valence-electron chi connectivity index (χ4n) is 1.99. The highest BCUT2D eigenvalue weighted by molar-refractivity contribution is 8.26. The SMILES string of the molecule is CN1C(=O)/C(=C\c2cccc(Oc3ccccc3)c2)SC1=S. The van der Waals surface area contributed by atoms with Crippen molar-refractivity contribution < 1.29 is 9.53 Å². The first-order valence-electron chi connectivity index (χ1n) is 6.68. The summed E-state index contributed by atoms with van der Waals surface area (Å²) >= 11 is 6.44. The molecule has 2 aromatic carbocycles. The van der Waals surface area contributed by atoms with Crippen LogP contribution in [0.5, 0.6) is 11.5 Å². The highest BCUT2D eigenvalue weighted by Crippen LogP contribution is 2.32. The Kier molecular flexibility index (Phi) is 4.27. The van der Waals surface area contributed by atoms with Crippen LogP contribution in [0.1, 0.15) is 5.56 Å². The van der Waals surface area contributed by atoms with Crippen molar-refractivity contribution >= 4 is 40.3 Å². The molecule has 0 radical (unpaired) electrons. The lowest BCUT2D eigenvalue weighted by atomic mass is 10.2. The fourth-order valence-corrected chi connectivity index (χ4v) is 3.17. The van der Waals surface area contributed by atoms with Gasteiger partial charge in [0.25, 0.3) is 5.91 Å². The molecule has 0 spiro atoms. The van der Waals surface area contributed by atoms with Crippen molar-refractivity contribution in [3.8, 4) is 11.5 Å². The Hall–Kier alpha value is -2.11. The molecule has 3 rings (SSSR count). The van der Waals surface area contributed by atoms with Crippen LogP contribution in [0.25, 0.3) is 6.08 Å². The predicted octanol–water partition coefficient (Wildman–Crippen LogP) is 4.31. The van der Waals surface area contributed by atoms with Gasteiger partial charge < -0.3 is 4.74 Å². The van der Waals surface area contributed by atoms with Gasteiger partial charge in [-0.25, -0.2) is 0 Å². The van der Waals surface area contributed by atoms with E-state index in [-0.39, 0.29) is 5.91 Å². The normalized spacial score (nSPS) is 16.4. The number of para-hydroxylation sites is 1. The van der Waals surface area contributed by atoms with Crippen molar-refractivity contribution in [3.05, 3.63) is 65.1 Å². The molecular weight excluding hydrogens is 314 g/mol. The molecule has 110 valence electrons. The van der Waals surface area contributed by atoms with Crippen LogP contribution in [-0.4, -0.2) is 22.2 Å². The molecule has 0 aliphatic carbocycles. The minimum Gasteiger partial charge on any atom is -0.457 e. The van der Waals surface area contributed by atoms with Crippen molar-refractivity contribution in [3.63, 3.8) is 0 Å². The standard InChI is InChI=1S/C17H13NO2S2/c1-18-16(19)15(22-17(18)21)11-12-6-5-9-14(10-12)20-13-7-3-2-4-8-13/h2-11H,1H3/b15-11+. The molecule has 1 aliphatic rings. The number of amides is 1. The zero-order valence-electron chi connectivity index (χ0n) is 11.9. The lowest BCUT2D eigenvalue weighted by molar-refractivity contribution is -0.121. The Bertz CT molecular complexity index is 756. The van der Waals surface area contributed by atoms with Gasteiger partial charge in [-0.05, 0) is 35.9 Å². The Morgan fingerprint density at radius 1 is 1.09 bits per heavy atom. The molecule has 0 atom stereocenters. The second kappa shape index (κ2) is 6.34. The molecule has 1 saturated heterocycles. The maximum Gasteiger partial charge on any atom is 0.265 e. The van der Waals surface area contributed by atoms with Crippen LogP contribution < -0.4 is 4.74 Å². The number of likely N-dealkylation sites (N-methyl/N-ethyl adjacent to an activating group) is 1. The van der Waals surface area contributed by atoms with Crippen LogP contribution in [0, 0.1) is 0 Å². The Labute approximate surface area is 138 Å². The molecule has 3 nitrogen and oxygen atoms in total. The van der Waals surface area contributed by atoms with Crippen molar-refractivity contribution in [1.82, 2.24) is 4.90 Å². The van der Waals surface area contributed by atoms with Crippen molar-refractivity contribution in [2.45, 2.75) is 0 Å². The lowest BCUT2D eigenvalue weighted by Crippen LogP contribution is -2.22. The van der Waals surface area contributed by atoms with Gasteiger partial charge in [0, 0.05) is 7.05 Å².